The molecule has 0 spiro atoms. The smallest absolute Gasteiger partial charge is 0.312 e. The third-order valence-electron chi connectivity index (χ3n) is 1.93. The summed E-state index contributed by atoms with van der Waals surface area (Å²) in [4.78, 5) is 32.4. The highest BCUT2D eigenvalue weighted by atomic mass is 16.5. The topological polar surface area (TPSA) is 110 Å². The first-order chi connectivity index (χ1) is 6.45. The van der Waals surface area contributed by atoms with Crippen LogP contribution < -0.4 is 5.84 Å². The largest absolute Gasteiger partial charge is 0.481 e. The monoisotopic (exact) mass is 202 g/mol. The van der Waals surface area contributed by atoms with E-state index in [9.17, 15) is 14.4 Å². The number of carbonyl (C=O) groups excluding carboxylic acids is 2. The maximum absolute atomic E-state index is 11.2. The molecule has 7 heteroatoms. The molecule has 0 aromatic carbocycles. The minimum Gasteiger partial charge on any atom is -0.481 e. The van der Waals surface area contributed by atoms with Crippen LogP contribution in [0, 0.1) is 0 Å². The number of β-lactam (4-membered cyclic amide) rings is 1. The first kappa shape index (κ1) is 10.6. The van der Waals surface area contributed by atoms with Crippen LogP contribution in [-0.2, 0) is 19.1 Å². The summed E-state index contributed by atoms with van der Waals surface area (Å²) in [5.74, 6) is 2.10. The van der Waals surface area contributed by atoms with Gasteiger partial charge in [-0.25, -0.2) is 10.9 Å². The fraction of sp³-hybridized carbons (Fsp3) is 0.571. The molecule has 1 fully saturated rings. The SMILES string of the molecule is CCOC1(CC(=O)O)C(=O)C(=O)N1N. The number of ether oxygens (including phenoxy) is 1. The van der Waals surface area contributed by atoms with E-state index in [-0.39, 0.29) is 6.61 Å². The highest BCUT2D eigenvalue weighted by Crippen LogP contribution is 2.29. The van der Waals surface area contributed by atoms with Crippen molar-refractivity contribution in [3.8, 4) is 0 Å². The van der Waals surface area contributed by atoms with Crippen LogP contribution in [-0.4, -0.2) is 40.1 Å². The van der Waals surface area contributed by atoms with Crippen LogP contribution in [0.5, 0.6) is 0 Å². The summed E-state index contributed by atoms with van der Waals surface area (Å²) in [6.45, 7) is 1.67. The molecule has 3 N–H and O–H groups in total. The van der Waals surface area contributed by atoms with Crippen LogP contribution in [0.15, 0.2) is 0 Å². The molecule has 78 valence electrons. The van der Waals surface area contributed by atoms with E-state index >= 15 is 0 Å². The maximum Gasteiger partial charge on any atom is 0.312 e. The fourth-order valence-electron chi connectivity index (χ4n) is 1.29. The Morgan fingerprint density at radius 3 is 2.57 bits per heavy atom. The standard InChI is InChI=1S/C7H10N2O5/c1-2-14-7(3-4(10)11)5(12)6(13)9(7)8/h2-3,8H2,1H3,(H,10,11). The van der Waals surface area contributed by atoms with E-state index in [1.165, 1.54) is 0 Å². The molecule has 1 rings (SSSR count). The number of amides is 1. The van der Waals surface area contributed by atoms with E-state index in [2.05, 4.69) is 0 Å². The third-order valence-corrected chi connectivity index (χ3v) is 1.93. The number of carboxylic acid groups (broad SMARTS) is 1. The van der Waals surface area contributed by atoms with Gasteiger partial charge in [0.2, 0.25) is 5.72 Å². The molecule has 7 nitrogen and oxygen atoms in total. The van der Waals surface area contributed by atoms with Crippen molar-refractivity contribution in [3.05, 3.63) is 0 Å². The second-order valence-electron chi connectivity index (χ2n) is 2.79. The lowest BCUT2D eigenvalue weighted by Gasteiger charge is -2.44. The molecule has 1 amide bonds. The molecule has 14 heavy (non-hydrogen) atoms. The van der Waals surface area contributed by atoms with Crippen molar-refractivity contribution in [2.24, 2.45) is 5.84 Å². The Morgan fingerprint density at radius 2 is 2.21 bits per heavy atom. The van der Waals surface area contributed by atoms with Crippen molar-refractivity contribution in [3.63, 3.8) is 0 Å². The molecule has 0 aromatic heterocycles. The van der Waals surface area contributed by atoms with E-state index in [4.69, 9.17) is 15.7 Å². The zero-order valence-corrected chi connectivity index (χ0v) is 7.52. The van der Waals surface area contributed by atoms with Gasteiger partial charge in [0.1, 0.15) is 6.42 Å². The Morgan fingerprint density at radius 1 is 1.64 bits per heavy atom. The molecular formula is C7H10N2O5. The van der Waals surface area contributed by atoms with Gasteiger partial charge in [-0.15, -0.1) is 0 Å². The summed E-state index contributed by atoms with van der Waals surface area (Å²) >= 11 is 0. The molecular weight excluding hydrogens is 192 g/mol. The van der Waals surface area contributed by atoms with Crippen LogP contribution in [0.3, 0.4) is 0 Å². The molecule has 0 aromatic rings. The summed E-state index contributed by atoms with van der Waals surface area (Å²) in [5, 5.41) is 9.06. The molecule has 1 aliphatic rings. The second kappa shape index (κ2) is 3.35. The van der Waals surface area contributed by atoms with Gasteiger partial charge in [0.05, 0.1) is 0 Å². The predicted octanol–water partition coefficient (Wildman–Crippen LogP) is -1.52. The molecule has 1 aliphatic heterocycles. The van der Waals surface area contributed by atoms with Gasteiger partial charge in [0, 0.05) is 6.61 Å². The first-order valence-electron chi connectivity index (χ1n) is 3.95. The summed E-state index contributed by atoms with van der Waals surface area (Å²) in [6.07, 6.45) is -0.637. The minimum absolute atomic E-state index is 0.0972. The molecule has 1 unspecified atom stereocenters. The second-order valence-corrected chi connectivity index (χ2v) is 2.79. The molecule has 1 atom stereocenters. The number of rotatable bonds is 4. The number of carboxylic acids is 1. The quantitative estimate of drug-likeness (QED) is 0.248. The molecule has 0 bridgehead atoms. The number of Topliss-reactive ketones (excluding diaryl/α,β-unsaturated/α-hetero) is 1. The van der Waals surface area contributed by atoms with Gasteiger partial charge < -0.3 is 9.84 Å². The lowest BCUT2D eigenvalue weighted by Crippen LogP contribution is -2.76. The Hall–Kier alpha value is -1.47. The van der Waals surface area contributed by atoms with Crippen LogP contribution in [0.4, 0.5) is 0 Å². The summed E-state index contributed by atoms with van der Waals surface area (Å²) in [6, 6.07) is 0. The number of ketones is 1. The van der Waals surface area contributed by atoms with Gasteiger partial charge >= 0.3 is 11.9 Å². The highest BCUT2D eigenvalue weighted by molar-refractivity contribution is 6.46. The fourth-order valence-corrected chi connectivity index (χ4v) is 1.29. The Labute approximate surface area is 79.4 Å². The molecule has 0 radical (unpaired) electrons. The number of hydrogen-bond donors (Lipinski definition) is 2. The van der Waals surface area contributed by atoms with E-state index in [1.807, 2.05) is 0 Å². The van der Waals surface area contributed by atoms with Gasteiger partial charge in [-0.1, -0.05) is 0 Å². The average Bonchev–Trinajstić information content (AvgIpc) is 2.14. The number of aliphatic carboxylic acids is 1. The van der Waals surface area contributed by atoms with Gasteiger partial charge in [-0.3, -0.25) is 14.4 Å². The molecule has 1 saturated heterocycles. The van der Waals surface area contributed by atoms with E-state index in [1.54, 1.807) is 6.92 Å². The first-order valence-corrected chi connectivity index (χ1v) is 3.95. The van der Waals surface area contributed by atoms with Crippen LogP contribution in [0.2, 0.25) is 0 Å². The maximum atomic E-state index is 11.2. The van der Waals surface area contributed by atoms with Gasteiger partial charge in [0.15, 0.2) is 0 Å². The number of nitrogens with zero attached hydrogens (tertiary/aromatic N) is 1. The Bertz CT molecular complexity index is 302. The zero-order chi connectivity index (χ0) is 10.9. The van der Waals surface area contributed by atoms with Gasteiger partial charge in [-0.05, 0) is 6.92 Å². The lowest BCUT2D eigenvalue weighted by atomic mass is 9.94. The number of nitrogens with two attached hydrogens (primary N) is 1. The van der Waals surface area contributed by atoms with E-state index in [0.29, 0.717) is 5.01 Å². The zero-order valence-electron chi connectivity index (χ0n) is 7.52. The summed E-state index contributed by atoms with van der Waals surface area (Å²) < 4.78 is 4.92. The van der Waals surface area contributed by atoms with Gasteiger partial charge in [0.25, 0.3) is 5.78 Å². The molecule has 1 heterocycles. The van der Waals surface area contributed by atoms with Crippen molar-refractivity contribution < 1.29 is 24.2 Å². The Balaban J connectivity index is 2.88. The number of carbonyl (C=O) groups is 3. The van der Waals surface area contributed by atoms with Crippen molar-refractivity contribution in [1.82, 2.24) is 5.01 Å². The van der Waals surface area contributed by atoms with E-state index < -0.39 is 29.8 Å². The lowest BCUT2D eigenvalue weighted by molar-refractivity contribution is -0.216. The normalized spacial score (nSPS) is 26.3. The van der Waals surface area contributed by atoms with Crippen LogP contribution in [0.1, 0.15) is 13.3 Å². The van der Waals surface area contributed by atoms with Crippen molar-refractivity contribution >= 4 is 17.7 Å². The molecule has 0 saturated carbocycles. The van der Waals surface area contributed by atoms with Crippen molar-refractivity contribution in [1.29, 1.82) is 0 Å². The Kier molecular flexibility index (Phi) is 2.54. The van der Waals surface area contributed by atoms with E-state index in [0.717, 1.165) is 0 Å². The van der Waals surface area contributed by atoms with Crippen molar-refractivity contribution in [2.75, 3.05) is 6.61 Å². The third kappa shape index (κ3) is 1.26. The van der Waals surface area contributed by atoms with Crippen molar-refractivity contribution in [2.45, 2.75) is 19.1 Å². The van der Waals surface area contributed by atoms with Gasteiger partial charge in [-0.2, -0.15) is 0 Å². The minimum atomic E-state index is -1.79. The number of hydrogen-bond acceptors (Lipinski definition) is 5. The average molecular weight is 202 g/mol. The summed E-state index contributed by atoms with van der Waals surface area (Å²) in [5.41, 5.74) is -1.79. The highest BCUT2D eigenvalue weighted by Gasteiger charge is 2.61. The predicted molar refractivity (Wildman–Crippen MR) is 42.7 cm³/mol. The molecule has 0 aliphatic carbocycles. The number of hydrazine groups is 1. The van der Waals surface area contributed by atoms with Crippen LogP contribution in [0.25, 0.3) is 0 Å². The summed E-state index contributed by atoms with van der Waals surface area (Å²) in [7, 11) is 0. The van der Waals surface area contributed by atoms with Crippen LogP contribution >= 0.6 is 0 Å².